The van der Waals surface area contributed by atoms with E-state index in [9.17, 15) is 4.39 Å². The first-order valence-electron chi connectivity index (χ1n) is 4.20. The standard InChI is InChI=1S/C11H17F/c1-6-9(4)10(5)7-11(12)8(2)3/h7,9H,2,5-6H2,1,3-4H3/b11-7+. The summed E-state index contributed by atoms with van der Waals surface area (Å²) in [5.41, 5.74) is 1.29. The molecule has 0 rings (SSSR count). The first kappa shape index (κ1) is 11.2. The molecule has 0 aromatic carbocycles. The molecule has 0 radical (unpaired) electrons. The zero-order valence-corrected chi connectivity index (χ0v) is 8.15. The summed E-state index contributed by atoms with van der Waals surface area (Å²) in [5, 5.41) is 0. The van der Waals surface area contributed by atoms with Crippen molar-refractivity contribution >= 4 is 0 Å². The molecule has 0 aromatic rings. The van der Waals surface area contributed by atoms with E-state index in [0.717, 1.165) is 12.0 Å². The molecule has 0 saturated heterocycles. The second kappa shape index (κ2) is 4.91. The molecular formula is C11H17F. The Labute approximate surface area is 74.5 Å². The molecular weight excluding hydrogens is 151 g/mol. The van der Waals surface area contributed by atoms with Gasteiger partial charge in [0.2, 0.25) is 0 Å². The minimum absolute atomic E-state index is 0.264. The monoisotopic (exact) mass is 168 g/mol. The number of allylic oxidation sites excluding steroid dienone is 4. The molecule has 0 heterocycles. The summed E-state index contributed by atoms with van der Waals surface area (Å²) >= 11 is 0. The number of hydrogen-bond donors (Lipinski definition) is 0. The van der Waals surface area contributed by atoms with E-state index in [1.165, 1.54) is 6.08 Å². The molecule has 1 atom stereocenters. The van der Waals surface area contributed by atoms with Crippen LogP contribution in [0.4, 0.5) is 4.39 Å². The maximum atomic E-state index is 13.0. The van der Waals surface area contributed by atoms with E-state index in [-0.39, 0.29) is 5.83 Å². The fraction of sp³-hybridized carbons (Fsp3) is 0.455. The first-order valence-corrected chi connectivity index (χ1v) is 4.20. The third kappa shape index (κ3) is 3.51. The summed E-state index contributed by atoms with van der Waals surface area (Å²) in [6, 6.07) is 0. The highest BCUT2D eigenvalue weighted by atomic mass is 19.1. The average molecular weight is 168 g/mol. The van der Waals surface area contributed by atoms with Crippen molar-refractivity contribution < 1.29 is 4.39 Å². The van der Waals surface area contributed by atoms with Crippen molar-refractivity contribution in [2.75, 3.05) is 0 Å². The fourth-order valence-electron chi connectivity index (χ4n) is 0.690. The third-order valence-electron chi connectivity index (χ3n) is 1.97. The molecule has 0 aliphatic rings. The largest absolute Gasteiger partial charge is 0.207 e. The minimum atomic E-state index is -0.264. The van der Waals surface area contributed by atoms with Crippen molar-refractivity contribution in [3.8, 4) is 0 Å². The predicted octanol–water partition coefficient (Wildman–Crippen LogP) is 4.02. The van der Waals surface area contributed by atoms with Crippen molar-refractivity contribution in [2.24, 2.45) is 5.92 Å². The highest BCUT2D eigenvalue weighted by molar-refractivity contribution is 5.29. The van der Waals surface area contributed by atoms with Crippen LogP contribution >= 0.6 is 0 Å². The van der Waals surface area contributed by atoms with Gasteiger partial charge in [-0.25, -0.2) is 4.39 Å². The molecule has 0 fully saturated rings. The first-order chi connectivity index (χ1) is 5.49. The lowest BCUT2D eigenvalue weighted by atomic mass is 9.99. The Hall–Kier alpha value is -0.850. The lowest BCUT2D eigenvalue weighted by Crippen LogP contribution is -1.93. The predicted molar refractivity (Wildman–Crippen MR) is 52.6 cm³/mol. The molecule has 0 amide bonds. The summed E-state index contributed by atoms with van der Waals surface area (Å²) in [5.74, 6) is 0.0791. The maximum absolute atomic E-state index is 13.0. The van der Waals surface area contributed by atoms with Crippen molar-refractivity contribution in [3.05, 3.63) is 36.2 Å². The van der Waals surface area contributed by atoms with E-state index in [1.807, 2.05) is 6.92 Å². The van der Waals surface area contributed by atoms with Crippen LogP contribution in [0.15, 0.2) is 36.2 Å². The van der Waals surface area contributed by atoms with Crippen LogP contribution in [0, 0.1) is 5.92 Å². The van der Waals surface area contributed by atoms with Crippen LogP contribution in [-0.4, -0.2) is 0 Å². The molecule has 12 heavy (non-hydrogen) atoms. The Morgan fingerprint density at radius 1 is 1.50 bits per heavy atom. The Morgan fingerprint density at radius 2 is 2.00 bits per heavy atom. The quantitative estimate of drug-likeness (QED) is 0.556. The molecule has 0 N–H and O–H groups in total. The van der Waals surface area contributed by atoms with Crippen molar-refractivity contribution in [2.45, 2.75) is 27.2 Å². The van der Waals surface area contributed by atoms with E-state index in [1.54, 1.807) is 6.92 Å². The molecule has 0 saturated carbocycles. The fourth-order valence-corrected chi connectivity index (χ4v) is 0.690. The van der Waals surface area contributed by atoms with Crippen molar-refractivity contribution in [3.63, 3.8) is 0 Å². The molecule has 1 unspecified atom stereocenters. The van der Waals surface area contributed by atoms with Gasteiger partial charge < -0.3 is 0 Å². The highest BCUT2D eigenvalue weighted by Crippen LogP contribution is 2.18. The van der Waals surface area contributed by atoms with Gasteiger partial charge in [0.25, 0.3) is 0 Å². The Kier molecular flexibility index (Phi) is 4.57. The van der Waals surface area contributed by atoms with Gasteiger partial charge in [0.05, 0.1) is 0 Å². The number of rotatable bonds is 4. The zero-order chi connectivity index (χ0) is 9.72. The highest BCUT2D eigenvalue weighted by Gasteiger charge is 2.03. The van der Waals surface area contributed by atoms with Crippen LogP contribution in [0.25, 0.3) is 0 Å². The second-order valence-corrected chi connectivity index (χ2v) is 3.16. The molecule has 0 aromatic heterocycles. The summed E-state index contributed by atoms with van der Waals surface area (Å²) in [6.07, 6.45) is 2.45. The van der Waals surface area contributed by atoms with Crippen LogP contribution in [0.2, 0.25) is 0 Å². The van der Waals surface area contributed by atoms with Gasteiger partial charge in [-0.1, -0.05) is 27.0 Å². The number of halogens is 1. The van der Waals surface area contributed by atoms with Crippen LogP contribution in [0.1, 0.15) is 27.2 Å². The van der Waals surface area contributed by atoms with Crippen LogP contribution in [0.3, 0.4) is 0 Å². The molecule has 0 aliphatic carbocycles. The van der Waals surface area contributed by atoms with Crippen LogP contribution < -0.4 is 0 Å². The van der Waals surface area contributed by atoms with Gasteiger partial charge >= 0.3 is 0 Å². The van der Waals surface area contributed by atoms with Gasteiger partial charge in [-0.05, 0) is 36.5 Å². The summed E-state index contributed by atoms with van der Waals surface area (Å²) in [7, 11) is 0. The maximum Gasteiger partial charge on any atom is 0.125 e. The lowest BCUT2D eigenvalue weighted by Gasteiger charge is -2.07. The summed E-state index contributed by atoms with van der Waals surface area (Å²) < 4.78 is 13.0. The van der Waals surface area contributed by atoms with Crippen LogP contribution in [0.5, 0.6) is 0 Å². The number of hydrogen-bond acceptors (Lipinski definition) is 0. The van der Waals surface area contributed by atoms with Gasteiger partial charge in [-0.3, -0.25) is 0 Å². The van der Waals surface area contributed by atoms with Gasteiger partial charge in [-0.15, -0.1) is 0 Å². The van der Waals surface area contributed by atoms with Gasteiger partial charge in [0, 0.05) is 0 Å². The molecule has 0 aliphatic heterocycles. The molecule has 0 bridgehead atoms. The molecule has 0 spiro atoms. The third-order valence-corrected chi connectivity index (χ3v) is 1.97. The van der Waals surface area contributed by atoms with E-state index in [2.05, 4.69) is 20.1 Å². The van der Waals surface area contributed by atoms with E-state index < -0.39 is 0 Å². The summed E-state index contributed by atoms with van der Waals surface area (Å²) in [6.45, 7) is 13.0. The minimum Gasteiger partial charge on any atom is -0.207 e. The van der Waals surface area contributed by atoms with Gasteiger partial charge in [0.1, 0.15) is 5.83 Å². The SMILES string of the molecule is C=C(C)/C(F)=C\C(=C)C(C)CC. The second-order valence-electron chi connectivity index (χ2n) is 3.16. The van der Waals surface area contributed by atoms with Crippen LogP contribution in [-0.2, 0) is 0 Å². The Balaban J connectivity index is 4.34. The average Bonchev–Trinajstić information content (AvgIpc) is 2.02. The van der Waals surface area contributed by atoms with E-state index in [4.69, 9.17) is 0 Å². The van der Waals surface area contributed by atoms with Crippen molar-refractivity contribution in [1.29, 1.82) is 0 Å². The molecule has 0 nitrogen and oxygen atoms in total. The Bertz CT molecular complexity index is 211. The topological polar surface area (TPSA) is 0 Å². The molecule has 1 heteroatoms. The van der Waals surface area contributed by atoms with E-state index in [0.29, 0.717) is 11.5 Å². The summed E-state index contributed by atoms with van der Waals surface area (Å²) in [4.78, 5) is 0. The normalized spacial score (nSPS) is 14.2. The van der Waals surface area contributed by atoms with Crippen molar-refractivity contribution in [1.82, 2.24) is 0 Å². The molecule has 68 valence electrons. The van der Waals surface area contributed by atoms with Gasteiger partial charge in [-0.2, -0.15) is 0 Å². The zero-order valence-electron chi connectivity index (χ0n) is 8.15. The van der Waals surface area contributed by atoms with E-state index >= 15 is 0 Å². The van der Waals surface area contributed by atoms with Gasteiger partial charge in [0.15, 0.2) is 0 Å². The Morgan fingerprint density at radius 3 is 2.33 bits per heavy atom. The lowest BCUT2D eigenvalue weighted by molar-refractivity contribution is 0.633. The smallest absolute Gasteiger partial charge is 0.125 e.